The summed E-state index contributed by atoms with van der Waals surface area (Å²) < 4.78 is 7.22. The highest BCUT2D eigenvalue weighted by molar-refractivity contribution is 6.08. The summed E-state index contributed by atoms with van der Waals surface area (Å²) in [7, 11) is 0. The number of fused-ring (bicyclic) bond motifs is 1. The molecule has 1 aromatic heterocycles. The minimum Gasteiger partial charge on any atom is -0.376 e. The summed E-state index contributed by atoms with van der Waals surface area (Å²) in [5.41, 5.74) is 3.57. The summed E-state index contributed by atoms with van der Waals surface area (Å²) in [6.07, 6.45) is 1.75. The number of aryl methyl sites for hydroxylation is 1. The Kier molecular flexibility index (Phi) is 7.79. The number of rotatable bonds is 9. The first-order chi connectivity index (χ1) is 18.9. The Morgan fingerprint density at radius 2 is 1.79 bits per heavy atom. The maximum Gasteiger partial charge on any atom is 0.249 e. The zero-order valence-corrected chi connectivity index (χ0v) is 22.0. The molecule has 0 bridgehead atoms. The Morgan fingerprint density at radius 3 is 2.56 bits per heavy atom. The summed E-state index contributed by atoms with van der Waals surface area (Å²) in [4.78, 5) is 42.4. The molecule has 0 spiro atoms. The van der Waals surface area contributed by atoms with E-state index in [9.17, 15) is 14.4 Å². The van der Waals surface area contributed by atoms with E-state index in [-0.39, 0.29) is 24.3 Å². The molecule has 1 saturated heterocycles. The topological polar surface area (TPSA) is 106 Å². The third-order valence-corrected chi connectivity index (χ3v) is 7.03. The molecule has 1 aliphatic rings. The maximum atomic E-state index is 14.2. The number of hydrogen-bond acceptors (Lipinski definition) is 6. The molecule has 2 atom stereocenters. The zero-order chi connectivity index (χ0) is 27.4. The minimum absolute atomic E-state index is 0.0679. The van der Waals surface area contributed by atoms with Crippen LogP contribution in [0.1, 0.15) is 47.3 Å². The molecule has 0 aliphatic carbocycles. The van der Waals surface area contributed by atoms with Crippen LogP contribution in [0.25, 0.3) is 11.0 Å². The largest absolute Gasteiger partial charge is 0.376 e. The van der Waals surface area contributed by atoms with Crippen molar-refractivity contribution in [2.24, 2.45) is 0 Å². The van der Waals surface area contributed by atoms with Gasteiger partial charge in [-0.2, -0.15) is 0 Å². The first kappa shape index (κ1) is 26.2. The van der Waals surface area contributed by atoms with Crippen LogP contribution in [0.4, 0.5) is 5.69 Å². The summed E-state index contributed by atoms with van der Waals surface area (Å²) in [6.45, 7) is 4.19. The zero-order valence-electron chi connectivity index (χ0n) is 22.0. The number of benzene rings is 3. The number of carbonyl (C=O) groups is 3. The Hall–Kier alpha value is -4.37. The first-order valence-corrected chi connectivity index (χ1v) is 13.1. The van der Waals surface area contributed by atoms with Gasteiger partial charge >= 0.3 is 0 Å². The van der Waals surface area contributed by atoms with Gasteiger partial charge in [0.05, 0.1) is 17.3 Å². The number of nitrogens with one attached hydrogen (secondary N) is 1. The molecule has 4 aromatic rings. The van der Waals surface area contributed by atoms with Crippen LogP contribution < -0.4 is 10.2 Å². The van der Waals surface area contributed by atoms with Gasteiger partial charge in [0.2, 0.25) is 11.8 Å². The fourth-order valence-electron chi connectivity index (χ4n) is 5.04. The number of anilines is 1. The predicted octanol–water partition coefficient (Wildman–Crippen LogP) is 4.01. The fraction of sp³-hybridized carbons (Fsp3) is 0.300. The lowest BCUT2D eigenvalue weighted by Crippen LogP contribution is -2.47. The van der Waals surface area contributed by atoms with Gasteiger partial charge in [0.25, 0.3) is 0 Å². The van der Waals surface area contributed by atoms with Gasteiger partial charge in [0.1, 0.15) is 18.1 Å². The number of para-hydroxylation sites is 2. The summed E-state index contributed by atoms with van der Waals surface area (Å²) in [5, 5.41) is 11.4. The van der Waals surface area contributed by atoms with Crippen LogP contribution in [-0.4, -0.2) is 51.8 Å². The van der Waals surface area contributed by atoms with Crippen LogP contribution in [0, 0.1) is 6.92 Å². The van der Waals surface area contributed by atoms with E-state index in [1.807, 2.05) is 55.5 Å². The molecule has 3 aromatic carbocycles. The smallest absolute Gasteiger partial charge is 0.249 e. The monoisotopic (exact) mass is 525 g/mol. The van der Waals surface area contributed by atoms with Crippen molar-refractivity contribution in [3.05, 3.63) is 89.5 Å². The minimum atomic E-state index is -1.03. The van der Waals surface area contributed by atoms with Gasteiger partial charge < -0.3 is 10.1 Å². The van der Waals surface area contributed by atoms with E-state index in [1.165, 1.54) is 16.5 Å². The van der Waals surface area contributed by atoms with Gasteiger partial charge in [0, 0.05) is 18.7 Å². The highest BCUT2D eigenvalue weighted by atomic mass is 16.5. The molecule has 5 rings (SSSR count). The lowest BCUT2D eigenvalue weighted by molar-refractivity contribution is -0.127. The SMILES string of the molecule is CC(=O)c1ccccc1N(C(=O)Cn1nnc2ccccc21)[C@H](C(=O)NC[C@@H]1CCCO1)c1ccccc1C. The lowest BCUT2D eigenvalue weighted by atomic mass is 9.96. The van der Waals surface area contributed by atoms with Crippen molar-refractivity contribution in [1.82, 2.24) is 20.3 Å². The summed E-state index contributed by atoms with van der Waals surface area (Å²) >= 11 is 0. The quantitative estimate of drug-likeness (QED) is 0.331. The second-order valence-electron chi connectivity index (χ2n) is 9.71. The second kappa shape index (κ2) is 11.6. The van der Waals surface area contributed by atoms with Crippen molar-refractivity contribution >= 4 is 34.3 Å². The van der Waals surface area contributed by atoms with Crippen molar-refractivity contribution in [2.45, 2.75) is 45.4 Å². The maximum absolute atomic E-state index is 14.2. The number of aromatic nitrogens is 3. The van der Waals surface area contributed by atoms with Gasteiger partial charge in [-0.15, -0.1) is 5.10 Å². The van der Waals surface area contributed by atoms with Gasteiger partial charge in [-0.25, -0.2) is 4.68 Å². The molecule has 39 heavy (non-hydrogen) atoms. The Balaban J connectivity index is 1.60. The average Bonchev–Trinajstić information content (AvgIpc) is 3.61. The summed E-state index contributed by atoms with van der Waals surface area (Å²) in [5.74, 6) is -0.965. The first-order valence-electron chi connectivity index (χ1n) is 13.1. The average molecular weight is 526 g/mol. The molecule has 1 fully saturated rings. The number of nitrogens with zero attached hydrogens (tertiary/aromatic N) is 4. The number of amides is 2. The predicted molar refractivity (Wildman–Crippen MR) is 147 cm³/mol. The Labute approximate surface area is 226 Å². The number of ether oxygens (including phenoxy) is 1. The van der Waals surface area contributed by atoms with E-state index >= 15 is 0 Å². The number of Topliss-reactive ketones (excluding diaryl/α,β-unsaturated/α-hetero) is 1. The molecule has 2 heterocycles. The second-order valence-corrected chi connectivity index (χ2v) is 9.71. The van der Waals surface area contributed by atoms with Gasteiger partial charge in [0.15, 0.2) is 5.78 Å². The van der Waals surface area contributed by atoms with Crippen LogP contribution >= 0.6 is 0 Å². The summed E-state index contributed by atoms with van der Waals surface area (Å²) in [6, 6.07) is 20.7. The van der Waals surface area contributed by atoms with Crippen molar-refractivity contribution in [2.75, 3.05) is 18.1 Å². The van der Waals surface area contributed by atoms with Crippen molar-refractivity contribution in [3.8, 4) is 0 Å². The molecule has 9 heteroatoms. The molecular formula is C30H31N5O4. The standard InChI is InChI=1S/C30H31N5O4/c1-20-10-3-4-12-23(20)29(30(38)31-18-22-11-9-17-39-22)35(26-15-7-5-13-24(26)21(2)36)28(37)19-34-27-16-8-6-14-25(27)32-33-34/h3-8,10,12-16,22,29H,9,11,17-19H2,1-2H3,(H,31,38)/t22-,29-/m0/s1. The fourth-order valence-corrected chi connectivity index (χ4v) is 5.04. The third kappa shape index (κ3) is 5.58. The number of carbonyl (C=O) groups excluding carboxylic acids is 3. The van der Waals surface area contributed by atoms with E-state index in [4.69, 9.17) is 4.74 Å². The van der Waals surface area contributed by atoms with Crippen molar-refractivity contribution < 1.29 is 19.1 Å². The molecule has 1 N–H and O–H groups in total. The van der Waals surface area contributed by atoms with Crippen molar-refractivity contribution in [3.63, 3.8) is 0 Å². The van der Waals surface area contributed by atoms with E-state index in [0.717, 1.165) is 18.4 Å². The van der Waals surface area contributed by atoms with Gasteiger partial charge in [-0.05, 0) is 62.1 Å². The van der Waals surface area contributed by atoms with E-state index in [2.05, 4.69) is 15.6 Å². The van der Waals surface area contributed by atoms with E-state index < -0.39 is 11.9 Å². The Bertz CT molecular complexity index is 1510. The molecule has 0 unspecified atom stereocenters. The Morgan fingerprint density at radius 1 is 1.05 bits per heavy atom. The molecule has 1 aliphatic heterocycles. The van der Waals surface area contributed by atoms with Gasteiger partial charge in [-0.3, -0.25) is 19.3 Å². The molecule has 0 radical (unpaired) electrons. The highest BCUT2D eigenvalue weighted by Gasteiger charge is 2.36. The van der Waals surface area contributed by atoms with Crippen LogP contribution in [0.5, 0.6) is 0 Å². The van der Waals surface area contributed by atoms with E-state index in [1.54, 1.807) is 24.3 Å². The molecule has 200 valence electrons. The third-order valence-electron chi connectivity index (χ3n) is 7.03. The molecule has 2 amide bonds. The van der Waals surface area contributed by atoms with E-state index in [0.29, 0.717) is 41.0 Å². The van der Waals surface area contributed by atoms with Crippen LogP contribution in [-0.2, 0) is 20.9 Å². The van der Waals surface area contributed by atoms with Crippen LogP contribution in [0.15, 0.2) is 72.8 Å². The number of ketones is 1. The lowest BCUT2D eigenvalue weighted by Gasteiger charge is -2.33. The van der Waals surface area contributed by atoms with Gasteiger partial charge in [-0.1, -0.05) is 53.7 Å². The number of hydrogen-bond donors (Lipinski definition) is 1. The van der Waals surface area contributed by atoms with Crippen LogP contribution in [0.2, 0.25) is 0 Å². The van der Waals surface area contributed by atoms with Crippen molar-refractivity contribution in [1.29, 1.82) is 0 Å². The molecule has 9 nitrogen and oxygen atoms in total. The van der Waals surface area contributed by atoms with Crippen LogP contribution in [0.3, 0.4) is 0 Å². The molecule has 0 saturated carbocycles. The normalized spacial score (nSPS) is 15.7. The molecular weight excluding hydrogens is 494 g/mol. The highest BCUT2D eigenvalue weighted by Crippen LogP contribution is 2.33.